The van der Waals surface area contributed by atoms with E-state index in [0.717, 1.165) is 0 Å². The molecule has 0 aliphatic heterocycles. The second-order valence-electron chi connectivity index (χ2n) is 2.31. The van der Waals surface area contributed by atoms with Crippen LogP contribution in [-0.4, -0.2) is 20.1 Å². The fourth-order valence-electron chi connectivity index (χ4n) is 0.830. The van der Waals surface area contributed by atoms with Gasteiger partial charge >= 0.3 is 0 Å². The van der Waals surface area contributed by atoms with Crippen molar-refractivity contribution in [3.8, 4) is 5.75 Å². The van der Waals surface area contributed by atoms with Gasteiger partial charge in [0.2, 0.25) is 0 Å². The lowest BCUT2D eigenvalue weighted by molar-refractivity contribution is 0.404. The van der Waals surface area contributed by atoms with Gasteiger partial charge in [-0.1, -0.05) is 0 Å². The molecule has 1 rings (SSSR count). The molecule has 0 spiro atoms. The van der Waals surface area contributed by atoms with E-state index < -0.39 is 10.1 Å². The Morgan fingerprint density at radius 1 is 1.46 bits per heavy atom. The van der Waals surface area contributed by atoms with Crippen LogP contribution in [0.25, 0.3) is 0 Å². The summed E-state index contributed by atoms with van der Waals surface area (Å²) in [6.45, 7) is 0. The molecule has 0 aromatic heterocycles. The number of benzene rings is 1. The number of hydrogen-bond acceptors (Lipinski definition) is 4. The van der Waals surface area contributed by atoms with Crippen molar-refractivity contribution in [3.63, 3.8) is 0 Å². The monoisotopic (exact) mass is 220 g/mol. The summed E-state index contributed by atoms with van der Waals surface area (Å²) >= 11 is 3.98. The number of methoxy groups -OCH3 is 1. The molecule has 0 amide bonds. The third-order valence-electron chi connectivity index (χ3n) is 1.45. The normalized spacial score (nSPS) is 11.3. The average Bonchev–Trinajstić information content (AvgIpc) is 2.02. The van der Waals surface area contributed by atoms with E-state index in [0.29, 0.717) is 10.6 Å². The van der Waals surface area contributed by atoms with Gasteiger partial charge in [0.05, 0.1) is 12.0 Å². The molecule has 1 N–H and O–H groups in total. The lowest BCUT2D eigenvalue weighted by Gasteiger charge is -2.04. The molecule has 0 radical (unpaired) electrons. The summed E-state index contributed by atoms with van der Waals surface area (Å²) < 4.78 is 34.9. The van der Waals surface area contributed by atoms with Gasteiger partial charge in [0.15, 0.2) is 0 Å². The molecule has 0 fully saturated rings. The average molecular weight is 220 g/mol. The molecule has 0 aliphatic carbocycles. The second-order valence-corrected chi connectivity index (χ2v) is 4.21. The molecule has 1 aromatic rings. The number of ether oxygens (including phenoxy) is 1. The zero-order valence-corrected chi connectivity index (χ0v) is 8.47. The molecule has 0 aliphatic rings. The largest absolute Gasteiger partial charge is 0.496 e. The highest BCUT2D eigenvalue weighted by Gasteiger charge is 2.11. The Morgan fingerprint density at radius 3 is 2.46 bits per heavy atom. The van der Waals surface area contributed by atoms with Crippen LogP contribution in [0.3, 0.4) is 0 Å². The molecule has 72 valence electrons. The predicted octanol–water partition coefficient (Wildman–Crippen LogP) is 1.23. The smallest absolute Gasteiger partial charge is 0.294 e. The first-order valence-corrected chi connectivity index (χ1v) is 5.18. The van der Waals surface area contributed by atoms with Gasteiger partial charge < -0.3 is 4.74 Å². The first-order chi connectivity index (χ1) is 5.95. The first kappa shape index (κ1) is 10.4. The zero-order chi connectivity index (χ0) is 10.1. The Bertz CT molecular complexity index is 411. The Hall–Kier alpha value is -0.720. The van der Waals surface area contributed by atoms with Crippen LogP contribution in [0, 0.1) is 0 Å². The lowest BCUT2D eigenvalue weighted by atomic mass is 10.3. The Balaban J connectivity index is 3.26. The van der Waals surface area contributed by atoms with E-state index in [2.05, 4.69) is 12.6 Å². The van der Waals surface area contributed by atoms with Gasteiger partial charge in [-0.3, -0.25) is 4.55 Å². The number of rotatable bonds is 2. The molecular formula is C7H8O4S2. The molecule has 6 heteroatoms. The van der Waals surface area contributed by atoms with Gasteiger partial charge in [-0.2, -0.15) is 8.42 Å². The van der Waals surface area contributed by atoms with Crippen molar-refractivity contribution in [1.82, 2.24) is 0 Å². The van der Waals surface area contributed by atoms with E-state index in [-0.39, 0.29) is 4.90 Å². The van der Waals surface area contributed by atoms with Crippen LogP contribution in [0.1, 0.15) is 0 Å². The predicted molar refractivity (Wildman–Crippen MR) is 50.1 cm³/mol. The van der Waals surface area contributed by atoms with Crippen LogP contribution in [0.4, 0.5) is 0 Å². The standard InChI is InChI=1S/C7H8O4S2/c1-11-6-3-2-5(4-7(6)12)13(8,9)10/h2-4,12H,1H3,(H,8,9,10). The fraction of sp³-hybridized carbons (Fsp3) is 0.143. The highest BCUT2D eigenvalue weighted by molar-refractivity contribution is 7.86. The Kier molecular flexibility index (Phi) is 2.84. The maximum absolute atomic E-state index is 10.7. The summed E-state index contributed by atoms with van der Waals surface area (Å²) in [4.78, 5) is 0.163. The third-order valence-corrected chi connectivity index (χ3v) is 2.65. The SMILES string of the molecule is COc1ccc(S(=O)(=O)O)cc1S. The third kappa shape index (κ3) is 2.36. The summed E-state index contributed by atoms with van der Waals surface area (Å²) in [5.41, 5.74) is 0. The topological polar surface area (TPSA) is 63.6 Å². The number of hydrogen-bond donors (Lipinski definition) is 2. The van der Waals surface area contributed by atoms with Crippen LogP contribution in [0.5, 0.6) is 5.75 Å². The van der Waals surface area contributed by atoms with Crippen LogP contribution in [-0.2, 0) is 10.1 Å². The van der Waals surface area contributed by atoms with Gasteiger partial charge in [-0.05, 0) is 18.2 Å². The van der Waals surface area contributed by atoms with E-state index in [1.807, 2.05) is 0 Å². The lowest BCUT2D eigenvalue weighted by Crippen LogP contribution is -1.98. The molecule has 0 saturated heterocycles. The molecule has 0 atom stereocenters. The maximum atomic E-state index is 10.7. The van der Waals surface area contributed by atoms with E-state index >= 15 is 0 Å². The summed E-state index contributed by atoms with van der Waals surface area (Å²) in [5, 5.41) is 0. The molecule has 0 saturated carbocycles. The van der Waals surface area contributed by atoms with E-state index in [4.69, 9.17) is 9.29 Å². The summed E-state index contributed by atoms with van der Waals surface area (Å²) in [6.07, 6.45) is 0. The second kappa shape index (κ2) is 3.57. The Labute approximate surface area is 81.7 Å². The number of thiol groups is 1. The minimum absolute atomic E-state index is 0.196. The van der Waals surface area contributed by atoms with Crippen LogP contribution in [0.15, 0.2) is 28.0 Å². The first-order valence-electron chi connectivity index (χ1n) is 3.29. The van der Waals surface area contributed by atoms with E-state index in [9.17, 15) is 8.42 Å². The minimum Gasteiger partial charge on any atom is -0.496 e. The quantitative estimate of drug-likeness (QED) is 0.581. The summed E-state index contributed by atoms with van der Waals surface area (Å²) in [6, 6.07) is 3.89. The Morgan fingerprint density at radius 2 is 2.08 bits per heavy atom. The van der Waals surface area contributed by atoms with E-state index in [1.54, 1.807) is 0 Å². The minimum atomic E-state index is -4.15. The molecule has 0 bridgehead atoms. The molecular weight excluding hydrogens is 212 g/mol. The molecule has 0 heterocycles. The molecule has 13 heavy (non-hydrogen) atoms. The van der Waals surface area contributed by atoms with Crippen molar-refractivity contribution >= 4 is 22.7 Å². The van der Waals surface area contributed by atoms with Crippen LogP contribution >= 0.6 is 12.6 Å². The highest BCUT2D eigenvalue weighted by atomic mass is 32.2. The summed E-state index contributed by atoms with van der Waals surface area (Å²) in [5.74, 6) is 0.454. The molecule has 1 aromatic carbocycles. The van der Waals surface area contributed by atoms with Crippen LogP contribution in [0.2, 0.25) is 0 Å². The van der Waals surface area contributed by atoms with Gasteiger partial charge in [0.25, 0.3) is 10.1 Å². The van der Waals surface area contributed by atoms with E-state index in [1.165, 1.54) is 25.3 Å². The van der Waals surface area contributed by atoms with Crippen molar-refractivity contribution in [3.05, 3.63) is 18.2 Å². The van der Waals surface area contributed by atoms with Crippen molar-refractivity contribution in [2.45, 2.75) is 9.79 Å². The van der Waals surface area contributed by atoms with Gasteiger partial charge in [-0.25, -0.2) is 0 Å². The maximum Gasteiger partial charge on any atom is 0.294 e. The van der Waals surface area contributed by atoms with Crippen molar-refractivity contribution in [1.29, 1.82) is 0 Å². The van der Waals surface area contributed by atoms with Crippen LogP contribution < -0.4 is 4.74 Å². The van der Waals surface area contributed by atoms with Crippen molar-refractivity contribution in [2.24, 2.45) is 0 Å². The summed E-state index contributed by atoms with van der Waals surface area (Å²) in [7, 11) is -2.71. The van der Waals surface area contributed by atoms with Crippen molar-refractivity contribution in [2.75, 3.05) is 7.11 Å². The fourth-order valence-corrected chi connectivity index (χ4v) is 1.73. The van der Waals surface area contributed by atoms with Gasteiger partial charge in [-0.15, -0.1) is 12.6 Å². The zero-order valence-electron chi connectivity index (χ0n) is 6.76. The van der Waals surface area contributed by atoms with Gasteiger partial charge in [0, 0.05) is 4.90 Å². The molecule has 4 nitrogen and oxygen atoms in total. The van der Waals surface area contributed by atoms with Gasteiger partial charge in [0.1, 0.15) is 5.75 Å². The van der Waals surface area contributed by atoms with Crippen molar-refractivity contribution < 1.29 is 17.7 Å². The molecule has 0 unspecified atom stereocenters. The highest BCUT2D eigenvalue weighted by Crippen LogP contribution is 2.24.